The summed E-state index contributed by atoms with van der Waals surface area (Å²) in [5.41, 5.74) is 0.463. The Hall–Kier alpha value is -2.28. The molecule has 0 aliphatic heterocycles. The van der Waals surface area contributed by atoms with Gasteiger partial charge in [-0.05, 0) is 18.6 Å². The van der Waals surface area contributed by atoms with Gasteiger partial charge in [0, 0.05) is 12.8 Å². The van der Waals surface area contributed by atoms with Gasteiger partial charge in [-0.2, -0.15) is 9.61 Å². The van der Waals surface area contributed by atoms with Crippen molar-refractivity contribution >= 4 is 33.2 Å². The molecule has 3 aromatic rings. The van der Waals surface area contributed by atoms with E-state index in [9.17, 15) is 9.59 Å². The van der Waals surface area contributed by atoms with E-state index >= 15 is 0 Å². The van der Waals surface area contributed by atoms with E-state index in [1.807, 2.05) is 6.07 Å². The Labute approximate surface area is 117 Å². The number of carboxylic acids is 1. The van der Waals surface area contributed by atoms with Crippen LogP contribution in [0.5, 0.6) is 0 Å². The lowest BCUT2D eigenvalue weighted by molar-refractivity contribution is -0.137. The van der Waals surface area contributed by atoms with Crippen LogP contribution in [0.2, 0.25) is 0 Å². The van der Waals surface area contributed by atoms with Crippen LogP contribution in [0.25, 0.3) is 15.9 Å². The first-order chi connectivity index (χ1) is 9.65. The van der Waals surface area contributed by atoms with Gasteiger partial charge in [-0.1, -0.05) is 23.5 Å². The Morgan fingerprint density at radius 1 is 1.35 bits per heavy atom. The van der Waals surface area contributed by atoms with Crippen LogP contribution in [0, 0.1) is 0 Å². The minimum absolute atomic E-state index is 0.0974. The molecule has 0 spiro atoms. The number of hydrogen-bond acceptors (Lipinski definition) is 5. The van der Waals surface area contributed by atoms with Crippen LogP contribution in [0.1, 0.15) is 17.8 Å². The third-order valence-electron chi connectivity index (χ3n) is 2.93. The second-order valence-electron chi connectivity index (χ2n) is 4.37. The second-order valence-corrected chi connectivity index (χ2v) is 5.41. The SMILES string of the molecule is O=C(O)CCCc1nn2c(=O)c3ccccc3nc2s1. The van der Waals surface area contributed by atoms with Crippen molar-refractivity contribution in [3.8, 4) is 0 Å². The van der Waals surface area contributed by atoms with E-state index in [2.05, 4.69) is 10.1 Å². The number of benzene rings is 1. The first-order valence-corrected chi connectivity index (χ1v) is 6.96. The predicted octanol–water partition coefficient (Wildman–Crippen LogP) is 1.71. The Kier molecular flexibility index (Phi) is 3.19. The molecule has 0 fully saturated rings. The molecule has 7 heteroatoms. The first kappa shape index (κ1) is 12.7. The van der Waals surface area contributed by atoms with E-state index < -0.39 is 5.97 Å². The number of para-hydroxylation sites is 1. The van der Waals surface area contributed by atoms with Crippen LogP contribution < -0.4 is 5.56 Å². The lowest BCUT2D eigenvalue weighted by Gasteiger charge is -1.95. The van der Waals surface area contributed by atoms with Gasteiger partial charge >= 0.3 is 5.97 Å². The minimum atomic E-state index is -0.827. The molecule has 0 aliphatic carbocycles. The van der Waals surface area contributed by atoms with Gasteiger partial charge in [0.2, 0.25) is 4.96 Å². The summed E-state index contributed by atoms with van der Waals surface area (Å²) in [7, 11) is 0. The Balaban J connectivity index is 2.02. The summed E-state index contributed by atoms with van der Waals surface area (Å²) in [5.74, 6) is -0.827. The molecule has 20 heavy (non-hydrogen) atoms. The fourth-order valence-electron chi connectivity index (χ4n) is 1.99. The summed E-state index contributed by atoms with van der Waals surface area (Å²) < 4.78 is 1.29. The van der Waals surface area contributed by atoms with E-state index in [0.717, 1.165) is 5.01 Å². The monoisotopic (exact) mass is 289 g/mol. The Morgan fingerprint density at radius 2 is 2.15 bits per heavy atom. The van der Waals surface area contributed by atoms with Crippen LogP contribution in [0.4, 0.5) is 0 Å². The molecule has 0 bridgehead atoms. The summed E-state index contributed by atoms with van der Waals surface area (Å²) in [6.07, 6.45) is 1.14. The van der Waals surface area contributed by atoms with Gasteiger partial charge in [-0.15, -0.1) is 0 Å². The van der Waals surface area contributed by atoms with Crippen molar-refractivity contribution in [2.45, 2.75) is 19.3 Å². The number of carbonyl (C=O) groups is 1. The van der Waals surface area contributed by atoms with Gasteiger partial charge in [-0.3, -0.25) is 9.59 Å². The highest BCUT2D eigenvalue weighted by molar-refractivity contribution is 7.16. The quantitative estimate of drug-likeness (QED) is 0.790. The summed E-state index contributed by atoms with van der Waals surface area (Å²) in [6, 6.07) is 7.14. The van der Waals surface area contributed by atoms with Crippen molar-refractivity contribution in [1.82, 2.24) is 14.6 Å². The Morgan fingerprint density at radius 3 is 2.95 bits per heavy atom. The van der Waals surface area contributed by atoms with Crippen molar-refractivity contribution in [3.05, 3.63) is 39.6 Å². The fraction of sp³-hybridized carbons (Fsp3) is 0.231. The molecule has 1 N–H and O–H groups in total. The smallest absolute Gasteiger partial charge is 0.303 e. The van der Waals surface area contributed by atoms with Gasteiger partial charge in [0.1, 0.15) is 5.01 Å². The third-order valence-corrected chi connectivity index (χ3v) is 3.89. The molecule has 102 valence electrons. The van der Waals surface area contributed by atoms with E-state index in [1.165, 1.54) is 15.9 Å². The lowest BCUT2D eigenvalue weighted by atomic mass is 10.2. The average molecular weight is 289 g/mol. The zero-order valence-electron chi connectivity index (χ0n) is 10.4. The van der Waals surface area contributed by atoms with Crippen LogP contribution >= 0.6 is 11.3 Å². The lowest BCUT2D eigenvalue weighted by Crippen LogP contribution is -2.15. The summed E-state index contributed by atoms with van der Waals surface area (Å²) >= 11 is 1.33. The average Bonchev–Trinajstić information content (AvgIpc) is 2.82. The van der Waals surface area contributed by atoms with E-state index in [-0.39, 0.29) is 12.0 Å². The number of aryl methyl sites for hydroxylation is 1. The topological polar surface area (TPSA) is 84.6 Å². The predicted molar refractivity (Wildman–Crippen MR) is 75.2 cm³/mol. The van der Waals surface area contributed by atoms with Crippen molar-refractivity contribution < 1.29 is 9.90 Å². The zero-order valence-corrected chi connectivity index (χ0v) is 11.3. The molecule has 0 radical (unpaired) electrons. The van der Waals surface area contributed by atoms with Gasteiger partial charge in [0.05, 0.1) is 10.9 Å². The molecule has 0 saturated carbocycles. The molecular formula is C13H11N3O3S. The highest BCUT2D eigenvalue weighted by atomic mass is 32.1. The molecule has 2 aromatic heterocycles. The van der Waals surface area contributed by atoms with Crippen LogP contribution in [-0.4, -0.2) is 25.7 Å². The number of aromatic nitrogens is 3. The molecule has 2 heterocycles. The summed E-state index contributed by atoms with van der Waals surface area (Å²) in [6.45, 7) is 0. The van der Waals surface area contributed by atoms with E-state index in [1.54, 1.807) is 18.2 Å². The van der Waals surface area contributed by atoms with Crippen LogP contribution in [0.3, 0.4) is 0 Å². The highest BCUT2D eigenvalue weighted by Crippen LogP contribution is 2.16. The molecule has 0 amide bonds. The van der Waals surface area contributed by atoms with Crippen molar-refractivity contribution in [3.63, 3.8) is 0 Å². The fourth-order valence-corrected chi connectivity index (χ4v) is 2.92. The maximum Gasteiger partial charge on any atom is 0.303 e. The van der Waals surface area contributed by atoms with Crippen LogP contribution in [0.15, 0.2) is 29.1 Å². The molecule has 1 aromatic carbocycles. The molecule has 6 nitrogen and oxygen atoms in total. The Bertz CT molecular complexity index is 853. The van der Waals surface area contributed by atoms with E-state index in [0.29, 0.717) is 28.7 Å². The second kappa shape index (κ2) is 5.01. The molecular weight excluding hydrogens is 278 g/mol. The number of carboxylic acid groups (broad SMARTS) is 1. The van der Waals surface area contributed by atoms with Crippen LogP contribution in [-0.2, 0) is 11.2 Å². The molecule has 0 aliphatic rings. The summed E-state index contributed by atoms with van der Waals surface area (Å²) in [4.78, 5) is 27.7. The number of hydrogen-bond donors (Lipinski definition) is 1. The number of fused-ring (bicyclic) bond motifs is 2. The van der Waals surface area contributed by atoms with Gasteiger partial charge in [0.25, 0.3) is 5.56 Å². The normalized spacial score (nSPS) is 11.2. The van der Waals surface area contributed by atoms with Crippen molar-refractivity contribution in [1.29, 1.82) is 0 Å². The highest BCUT2D eigenvalue weighted by Gasteiger charge is 2.10. The van der Waals surface area contributed by atoms with Gasteiger partial charge in [0.15, 0.2) is 0 Å². The summed E-state index contributed by atoms with van der Waals surface area (Å²) in [5, 5.41) is 14.1. The standard InChI is InChI=1S/C13H11N3O3S/c17-11(18)7-3-6-10-15-16-12(19)8-4-1-2-5-9(8)14-13(16)20-10/h1-2,4-5H,3,6-7H2,(H,17,18). The maximum absolute atomic E-state index is 12.3. The van der Waals surface area contributed by atoms with Crippen molar-refractivity contribution in [2.24, 2.45) is 0 Å². The minimum Gasteiger partial charge on any atom is -0.481 e. The maximum atomic E-state index is 12.3. The molecule has 0 saturated heterocycles. The molecule has 0 atom stereocenters. The number of aliphatic carboxylic acids is 1. The van der Waals surface area contributed by atoms with E-state index in [4.69, 9.17) is 5.11 Å². The van der Waals surface area contributed by atoms with Gasteiger partial charge < -0.3 is 5.11 Å². The zero-order chi connectivity index (χ0) is 14.1. The first-order valence-electron chi connectivity index (χ1n) is 6.14. The van der Waals surface area contributed by atoms with Gasteiger partial charge in [-0.25, -0.2) is 4.98 Å². The third kappa shape index (κ3) is 2.27. The van der Waals surface area contributed by atoms with Crippen molar-refractivity contribution in [2.75, 3.05) is 0 Å². The number of rotatable bonds is 4. The molecule has 3 rings (SSSR count). The molecule has 0 unspecified atom stereocenters. The number of nitrogens with zero attached hydrogens (tertiary/aromatic N) is 3. The largest absolute Gasteiger partial charge is 0.481 e.